The number of hydrogen-bond acceptors (Lipinski definition) is 5. The maximum atomic E-state index is 6.21. The third kappa shape index (κ3) is 2.89. The molecule has 1 fully saturated rings. The fourth-order valence-corrected chi connectivity index (χ4v) is 4.50. The highest BCUT2D eigenvalue weighted by molar-refractivity contribution is 6.30. The van der Waals surface area contributed by atoms with E-state index in [1.807, 2.05) is 12.1 Å². The number of nitrogens with zero attached hydrogens (tertiary/aromatic N) is 2. The van der Waals surface area contributed by atoms with Crippen LogP contribution in [0.25, 0.3) is 0 Å². The van der Waals surface area contributed by atoms with Crippen molar-refractivity contribution < 1.29 is 14.2 Å². The molecule has 26 heavy (non-hydrogen) atoms. The summed E-state index contributed by atoms with van der Waals surface area (Å²) in [5.74, 6) is 2.01. The Morgan fingerprint density at radius 1 is 1.08 bits per heavy atom. The van der Waals surface area contributed by atoms with E-state index in [0.29, 0.717) is 34.4 Å². The zero-order chi connectivity index (χ0) is 18.3. The predicted octanol–water partition coefficient (Wildman–Crippen LogP) is 4.02. The van der Waals surface area contributed by atoms with Crippen LogP contribution in [0.15, 0.2) is 24.4 Å². The van der Waals surface area contributed by atoms with E-state index in [9.17, 15) is 0 Å². The molecule has 2 aliphatic heterocycles. The fourth-order valence-electron chi connectivity index (χ4n) is 4.33. The van der Waals surface area contributed by atoms with Crippen LogP contribution >= 0.6 is 11.6 Å². The summed E-state index contributed by atoms with van der Waals surface area (Å²) >= 11 is 6.21. The quantitative estimate of drug-likeness (QED) is 0.790. The molecule has 0 N–H and O–H groups in total. The van der Waals surface area contributed by atoms with Gasteiger partial charge in [0, 0.05) is 36.9 Å². The van der Waals surface area contributed by atoms with Crippen molar-refractivity contribution in [3.63, 3.8) is 0 Å². The summed E-state index contributed by atoms with van der Waals surface area (Å²) in [6.45, 7) is 0.831. The predicted molar refractivity (Wildman–Crippen MR) is 100 cm³/mol. The summed E-state index contributed by atoms with van der Waals surface area (Å²) in [5.41, 5.74) is 3.62. The van der Waals surface area contributed by atoms with Gasteiger partial charge in [0.05, 0.1) is 26.4 Å². The van der Waals surface area contributed by atoms with Crippen LogP contribution < -0.4 is 14.2 Å². The number of halogens is 1. The number of methoxy groups -OCH3 is 3. The van der Waals surface area contributed by atoms with E-state index < -0.39 is 0 Å². The second-order valence-electron chi connectivity index (χ2n) is 6.85. The second-order valence-corrected chi connectivity index (χ2v) is 7.28. The lowest BCUT2D eigenvalue weighted by molar-refractivity contribution is 0.166. The zero-order valence-electron chi connectivity index (χ0n) is 15.3. The minimum Gasteiger partial charge on any atom is -0.493 e. The van der Waals surface area contributed by atoms with E-state index in [0.717, 1.165) is 24.9 Å². The first kappa shape index (κ1) is 17.4. The van der Waals surface area contributed by atoms with Crippen molar-refractivity contribution in [1.29, 1.82) is 0 Å². The first-order valence-corrected chi connectivity index (χ1v) is 9.21. The monoisotopic (exact) mass is 374 g/mol. The smallest absolute Gasteiger partial charge is 0.203 e. The lowest BCUT2D eigenvalue weighted by Gasteiger charge is -2.36. The molecule has 0 aliphatic carbocycles. The summed E-state index contributed by atoms with van der Waals surface area (Å²) in [4.78, 5) is 7.12. The topological polar surface area (TPSA) is 43.8 Å². The Bertz CT molecular complexity index is 802. The highest BCUT2D eigenvalue weighted by Crippen LogP contribution is 2.45. The van der Waals surface area contributed by atoms with E-state index in [-0.39, 0.29) is 0 Å². The van der Waals surface area contributed by atoms with Crippen molar-refractivity contribution >= 4 is 11.6 Å². The van der Waals surface area contributed by atoms with Gasteiger partial charge in [-0.25, -0.2) is 0 Å². The molecule has 2 unspecified atom stereocenters. The summed E-state index contributed by atoms with van der Waals surface area (Å²) in [5, 5.41) is 0.710. The maximum Gasteiger partial charge on any atom is 0.203 e. The molecule has 2 bridgehead atoms. The van der Waals surface area contributed by atoms with Crippen LogP contribution in [0.2, 0.25) is 5.02 Å². The Morgan fingerprint density at radius 2 is 1.81 bits per heavy atom. The third-order valence-electron chi connectivity index (χ3n) is 5.49. The number of hydrogen-bond donors (Lipinski definition) is 0. The van der Waals surface area contributed by atoms with Crippen LogP contribution in [0, 0.1) is 0 Å². The molecule has 138 valence electrons. The van der Waals surface area contributed by atoms with E-state index in [1.165, 1.54) is 17.7 Å². The molecule has 4 rings (SSSR count). The molecular formula is C20H23ClN2O3. The molecule has 2 aromatic rings. The van der Waals surface area contributed by atoms with Crippen LogP contribution in [-0.2, 0) is 13.0 Å². The van der Waals surface area contributed by atoms with Gasteiger partial charge in [0.25, 0.3) is 0 Å². The fraction of sp³-hybridized carbons (Fsp3) is 0.450. The molecule has 1 aromatic carbocycles. The minimum atomic E-state index is 0.369. The zero-order valence-corrected chi connectivity index (χ0v) is 16.0. The molecule has 6 heteroatoms. The SMILES string of the molecule is COc1cc(CN2C3CCC2c2cc(Cl)cnc2C3)cc(OC)c1OC. The number of benzene rings is 1. The number of aromatic nitrogens is 1. The summed E-state index contributed by atoms with van der Waals surface area (Å²) in [6.07, 6.45) is 5.06. The summed E-state index contributed by atoms with van der Waals surface area (Å²) < 4.78 is 16.4. The van der Waals surface area contributed by atoms with Crippen LogP contribution in [-0.4, -0.2) is 37.3 Å². The van der Waals surface area contributed by atoms with Gasteiger partial charge in [0.15, 0.2) is 11.5 Å². The minimum absolute atomic E-state index is 0.369. The highest BCUT2D eigenvalue weighted by atomic mass is 35.5. The molecule has 0 radical (unpaired) electrons. The van der Waals surface area contributed by atoms with Crippen LogP contribution in [0.1, 0.15) is 35.7 Å². The van der Waals surface area contributed by atoms with Crippen LogP contribution in [0.4, 0.5) is 0 Å². The van der Waals surface area contributed by atoms with Gasteiger partial charge in [-0.05, 0) is 42.2 Å². The molecule has 1 saturated heterocycles. The Kier molecular flexibility index (Phi) is 4.67. The molecule has 1 aromatic heterocycles. The second kappa shape index (κ2) is 6.97. The average molecular weight is 375 g/mol. The van der Waals surface area contributed by atoms with Gasteiger partial charge in [0.2, 0.25) is 5.75 Å². The van der Waals surface area contributed by atoms with Crippen LogP contribution in [0.5, 0.6) is 17.2 Å². The van der Waals surface area contributed by atoms with Gasteiger partial charge in [0.1, 0.15) is 0 Å². The van der Waals surface area contributed by atoms with E-state index in [1.54, 1.807) is 27.5 Å². The molecule has 2 aliphatic rings. The normalized spacial score (nSPS) is 21.4. The molecular weight excluding hydrogens is 352 g/mol. The number of rotatable bonds is 5. The first-order chi connectivity index (χ1) is 12.6. The molecule has 0 saturated carbocycles. The van der Waals surface area contributed by atoms with Crippen molar-refractivity contribution in [1.82, 2.24) is 9.88 Å². The van der Waals surface area contributed by atoms with Crippen molar-refractivity contribution in [3.05, 3.63) is 46.2 Å². The van der Waals surface area contributed by atoms with Crippen molar-refractivity contribution in [2.24, 2.45) is 0 Å². The van der Waals surface area contributed by atoms with Gasteiger partial charge in [-0.1, -0.05) is 11.6 Å². The molecule has 0 amide bonds. The number of ether oxygens (including phenoxy) is 3. The average Bonchev–Trinajstić information content (AvgIpc) is 2.93. The molecule has 5 nitrogen and oxygen atoms in total. The van der Waals surface area contributed by atoms with Gasteiger partial charge in [-0.2, -0.15) is 0 Å². The Balaban J connectivity index is 1.66. The largest absolute Gasteiger partial charge is 0.493 e. The standard InChI is InChI=1S/C20H23ClN2O3/c1-24-18-6-12(7-19(25-2)20(18)26-3)11-23-14-4-5-17(23)15-8-13(21)10-22-16(15)9-14/h6-8,10,14,17H,4-5,9,11H2,1-3H3. The maximum absolute atomic E-state index is 6.21. The summed E-state index contributed by atoms with van der Waals surface area (Å²) in [6, 6.07) is 7.03. The first-order valence-electron chi connectivity index (χ1n) is 8.83. The summed E-state index contributed by atoms with van der Waals surface area (Å²) in [7, 11) is 4.92. The van der Waals surface area contributed by atoms with Gasteiger partial charge in [-0.15, -0.1) is 0 Å². The van der Waals surface area contributed by atoms with E-state index >= 15 is 0 Å². The van der Waals surface area contributed by atoms with Gasteiger partial charge in [-0.3, -0.25) is 9.88 Å². The lowest BCUT2D eigenvalue weighted by atomic mass is 9.97. The number of fused-ring (bicyclic) bond motifs is 4. The Hall–Kier alpha value is -1.98. The molecule has 0 spiro atoms. The number of pyridine rings is 1. The van der Waals surface area contributed by atoms with Crippen molar-refractivity contribution in [2.75, 3.05) is 21.3 Å². The van der Waals surface area contributed by atoms with Gasteiger partial charge < -0.3 is 14.2 Å². The van der Waals surface area contributed by atoms with Crippen molar-refractivity contribution in [2.45, 2.75) is 37.9 Å². The lowest BCUT2D eigenvalue weighted by Crippen LogP contribution is -2.37. The van der Waals surface area contributed by atoms with Crippen LogP contribution in [0.3, 0.4) is 0 Å². The van der Waals surface area contributed by atoms with Gasteiger partial charge >= 0.3 is 0 Å². The van der Waals surface area contributed by atoms with E-state index in [2.05, 4.69) is 16.0 Å². The highest BCUT2D eigenvalue weighted by Gasteiger charge is 2.40. The Labute approximate surface area is 158 Å². The Morgan fingerprint density at radius 3 is 2.46 bits per heavy atom. The van der Waals surface area contributed by atoms with E-state index in [4.69, 9.17) is 25.8 Å². The third-order valence-corrected chi connectivity index (χ3v) is 5.70. The molecule has 3 heterocycles. The molecule has 2 atom stereocenters. The van der Waals surface area contributed by atoms with Crippen molar-refractivity contribution in [3.8, 4) is 17.2 Å².